The van der Waals surface area contributed by atoms with Crippen molar-refractivity contribution in [2.75, 3.05) is 36.4 Å². The molecule has 1 atom stereocenters. The second-order valence-electron chi connectivity index (χ2n) is 7.94. The van der Waals surface area contributed by atoms with Gasteiger partial charge < -0.3 is 20.5 Å². The Labute approximate surface area is 184 Å². The summed E-state index contributed by atoms with van der Waals surface area (Å²) in [7, 11) is 0. The molecule has 1 saturated heterocycles. The summed E-state index contributed by atoms with van der Waals surface area (Å²) in [6.45, 7) is 5.83. The van der Waals surface area contributed by atoms with Gasteiger partial charge in [-0.1, -0.05) is 12.1 Å². The lowest BCUT2D eigenvalue weighted by atomic mass is 10.0. The van der Waals surface area contributed by atoms with Crippen LogP contribution in [0.4, 0.5) is 20.3 Å². The Kier molecular flexibility index (Phi) is 5.45. The van der Waals surface area contributed by atoms with Crippen LogP contribution < -0.4 is 15.5 Å². The van der Waals surface area contributed by atoms with E-state index in [4.69, 9.17) is 4.98 Å². The Morgan fingerprint density at radius 1 is 1.06 bits per heavy atom. The van der Waals surface area contributed by atoms with Gasteiger partial charge >= 0.3 is 0 Å². The summed E-state index contributed by atoms with van der Waals surface area (Å²) in [4.78, 5) is 14.7. The number of nitrogens with one attached hydrogen (secondary N) is 3. The molecule has 3 N–H and O–H groups in total. The summed E-state index contributed by atoms with van der Waals surface area (Å²) in [5.41, 5.74) is 3.78. The van der Waals surface area contributed by atoms with Crippen molar-refractivity contribution in [3.05, 3.63) is 72.2 Å². The molecule has 164 valence electrons. The minimum atomic E-state index is -0.877. The first-order valence-electron chi connectivity index (χ1n) is 10.7. The van der Waals surface area contributed by atoms with Crippen molar-refractivity contribution in [2.24, 2.45) is 0 Å². The Hall–Kier alpha value is -3.52. The van der Waals surface area contributed by atoms with E-state index in [9.17, 15) is 8.78 Å². The zero-order valence-corrected chi connectivity index (χ0v) is 17.7. The number of anilines is 2. The number of H-pyrrole nitrogens is 1. The summed E-state index contributed by atoms with van der Waals surface area (Å²) in [6, 6.07) is 11.8. The number of rotatable bonds is 5. The molecule has 8 heteroatoms. The number of hydrogen-bond donors (Lipinski definition) is 3. The van der Waals surface area contributed by atoms with Gasteiger partial charge in [-0.3, -0.25) is 0 Å². The van der Waals surface area contributed by atoms with E-state index in [-0.39, 0.29) is 6.04 Å². The Bertz CT molecular complexity index is 1250. The molecule has 0 radical (unpaired) electrons. The highest BCUT2D eigenvalue weighted by Crippen LogP contribution is 2.35. The third-order valence-electron chi connectivity index (χ3n) is 5.82. The number of benzene rings is 1. The van der Waals surface area contributed by atoms with Gasteiger partial charge in [-0.15, -0.1) is 0 Å². The molecule has 3 aromatic heterocycles. The number of aromatic nitrogens is 3. The molecule has 1 aromatic carbocycles. The molecule has 6 nitrogen and oxygen atoms in total. The minimum Gasteiger partial charge on any atom is -0.376 e. The molecule has 0 aliphatic carbocycles. The van der Waals surface area contributed by atoms with Gasteiger partial charge in [-0.2, -0.15) is 0 Å². The highest BCUT2D eigenvalue weighted by atomic mass is 19.2. The maximum absolute atomic E-state index is 13.9. The van der Waals surface area contributed by atoms with Crippen molar-refractivity contribution in [1.82, 2.24) is 20.3 Å². The monoisotopic (exact) mass is 434 g/mol. The van der Waals surface area contributed by atoms with Crippen molar-refractivity contribution >= 4 is 22.5 Å². The van der Waals surface area contributed by atoms with Gasteiger partial charge in [-0.25, -0.2) is 18.7 Å². The smallest absolute Gasteiger partial charge is 0.159 e. The predicted molar refractivity (Wildman–Crippen MR) is 123 cm³/mol. The topological polar surface area (TPSA) is 68.9 Å². The van der Waals surface area contributed by atoms with E-state index in [0.717, 1.165) is 60.4 Å². The second-order valence-corrected chi connectivity index (χ2v) is 7.94. The van der Waals surface area contributed by atoms with Crippen LogP contribution in [0, 0.1) is 11.6 Å². The van der Waals surface area contributed by atoms with E-state index in [1.54, 1.807) is 18.5 Å². The zero-order chi connectivity index (χ0) is 22.1. The lowest BCUT2D eigenvalue weighted by molar-refractivity contribution is 0.509. The van der Waals surface area contributed by atoms with Gasteiger partial charge in [0, 0.05) is 55.2 Å². The van der Waals surface area contributed by atoms with E-state index in [1.165, 1.54) is 6.07 Å². The number of pyridine rings is 2. The van der Waals surface area contributed by atoms with E-state index in [0.29, 0.717) is 11.2 Å². The van der Waals surface area contributed by atoms with Crippen LogP contribution in [-0.2, 0) is 0 Å². The van der Waals surface area contributed by atoms with E-state index in [1.807, 2.05) is 24.3 Å². The fourth-order valence-electron chi connectivity index (χ4n) is 4.13. The molecule has 4 heterocycles. The number of halogens is 2. The zero-order valence-electron chi connectivity index (χ0n) is 17.7. The first-order valence-corrected chi connectivity index (χ1v) is 10.7. The minimum absolute atomic E-state index is 0.0730. The lowest BCUT2D eigenvalue weighted by Crippen LogP contribution is -2.44. The Morgan fingerprint density at radius 3 is 2.72 bits per heavy atom. The summed E-state index contributed by atoms with van der Waals surface area (Å²) in [5.74, 6) is -0.770. The molecule has 0 bridgehead atoms. The fourth-order valence-corrected chi connectivity index (χ4v) is 4.13. The van der Waals surface area contributed by atoms with Gasteiger partial charge in [0.25, 0.3) is 0 Å². The van der Waals surface area contributed by atoms with Gasteiger partial charge in [0.15, 0.2) is 11.6 Å². The third kappa shape index (κ3) is 3.89. The van der Waals surface area contributed by atoms with Crippen molar-refractivity contribution in [3.8, 4) is 11.1 Å². The lowest BCUT2D eigenvalue weighted by Gasteiger charge is -2.29. The Morgan fingerprint density at radius 2 is 1.91 bits per heavy atom. The largest absolute Gasteiger partial charge is 0.376 e. The van der Waals surface area contributed by atoms with Crippen LogP contribution in [0.1, 0.15) is 18.7 Å². The molecule has 5 rings (SSSR count). The fraction of sp³-hybridized carbons (Fsp3) is 0.250. The molecule has 1 unspecified atom stereocenters. The number of hydrogen-bond acceptors (Lipinski definition) is 5. The summed E-state index contributed by atoms with van der Waals surface area (Å²) in [6.07, 6.45) is 3.48. The first kappa shape index (κ1) is 20.4. The number of nitrogens with zero attached hydrogens (tertiary/aromatic N) is 3. The van der Waals surface area contributed by atoms with Crippen LogP contribution in [0.25, 0.3) is 22.2 Å². The molecule has 4 aromatic rings. The molecular weight excluding hydrogens is 410 g/mol. The van der Waals surface area contributed by atoms with Crippen molar-refractivity contribution < 1.29 is 8.78 Å². The van der Waals surface area contributed by atoms with Gasteiger partial charge in [0.2, 0.25) is 0 Å². The molecule has 0 spiro atoms. The summed E-state index contributed by atoms with van der Waals surface area (Å²) >= 11 is 0. The van der Waals surface area contributed by atoms with Crippen molar-refractivity contribution in [2.45, 2.75) is 13.0 Å². The van der Waals surface area contributed by atoms with Crippen molar-refractivity contribution in [3.63, 3.8) is 0 Å². The molecule has 32 heavy (non-hydrogen) atoms. The normalized spacial score (nSPS) is 15.2. The number of aromatic amines is 1. The predicted octanol–water partition coefficient (Wildman–Crippen LogP) is 4.49. The van der Waals surface area contributed by atoms with Gasteiger partial charge in [-0.05, 0) is 42.8 Å². The molecule has 1 aliphatic heterocycles. The molecule has 1 fully saturated rings. The highest BCUT2D eigenvalue weighted by Gasteiger charge is 2.17. The van der Waals surface area contributed by atoms with Crippen LogP contribution in [0.2, 0.25) is 0 Å². The van der Waals surface area contributed by atoms with Crippen LogP contribution in [-0.4, -0.2) is 41.1 Å². The van der Waals surface area contributed by atoms with Gasteiger partial charge in [0.1, 0.15) is 11.5 Å². The van der Waals surface area contributed by atoms with Crippen molar-refractivity contribution in [1.29, 1.82) is 0 Å². The van der Waals surface area contributed by atoms with E-state index >= 15 is 0 Å². The quantitative estimate of drug-likeness (QED) is 0.432. The SMILES string of the molecule is CC(Nc1ccnc2[nH]cc(-c3ccc(F)c(F)c3)c12)c1cccc(N2CCNCC2)n1. The van der Waals surface area contributed by atoms with E-state index in [2.05, 4.69) is 32.4 Å². The molecule has 0 amide bonds. The van der Waals surface area contributed by atoms with E-state index < -0.39 is 11.6 Å². The summed E-state index contributed by atoms with van der Waals surface area (Å²) in [5, 5.41) is 7.71. The standard InChI is InChI=1S/C24H24F2N6/c1-15(20-3-2-4-22(31-20)32-11-9-27-10-12-32)30-21-7-8-28-24-23(21)17(14-29-24)16-5-6-18(25)19(26)13-16/h2-8,13-15,27H,9-12H2,1H3,(H2,28,29,30). The van der Waals surface area contributed by atoms with Crippen LogP contribution in [0.15, 0.2) is 54.9 Å². The van der Waals surface area contributed by atoms with Crippen LogP contribution >= 0.6 is 0 Å². The summed E-state index contributed by atoms with van der Waals surface area (Å²) < 4.78 is 27.3. The molecule has 1 aliphatic rings. The maximum Gasteiger partial charge on any atom is 0.159 e. The number of fused-ring (bicyclic) bond motifs is 1. The molecular formula is C24H24F2N6. The van der Waals surface area contributed by atoms with Crippen LogP contribution in [0.3, 0.4) is 0 Å². The first-order chi connectivity index (χ1) is 15.6. The highest BCUT2D eigenvalue weighted by molar-refractivity contribution is 6.02. The second kappa shape index (κ2) is 8.55. The van der Waals surface area contributed by atoms with Crippen LogP contribution in [0.5, 0.6) is 0 Å². The average molecular weight is 434 g/mol. The maximum atomic E-state index is 13.9. The number of piperazine rings is 1. The average Bonchev–Trinajstić information content (AvgIpc) is 3.27. The Balaban J connectivity index is 1.46. The molecule has 0 saturated carbocycles. The third-order valence-corrected chi connectivity index (χ3v) is 5.82. The van der Waals surface area contributed by atoms with Gasteiger partial charge in [0.05, 0.1) is 11.7 Å².